The van der Waals surface area contributed by atoms with E-state index >= 15 is 0 Å². The highest BCUT2D eigenvalue weighted by Gasteiger charge is 2.33. The molecule has 0 radical (unpaired) electrons. The average Bonchev–Trinajstić information content (AvgIpc) is 2.67. The highest BCUT2D eigenvalue weighted by Crippen LogP contribution is 2.34. The summed E-state index contributed by atoms with van der Waals surface area (Å²) in [5.74, 6) is 0.610. The largest absolute Gasteiger partial charge is 0.495 e. The third kappa shape index (κ3) is 4.67. The van der Waals surface area contributed by atoms with Gasteiger partial charge in [-0.25, -0.2) is 9.97 Å². The van der Waals surface area contributed by atoms with Gasteiger partial charge in [-0.05, 0) is 36.6 Å². The van der Waals surface area contributed by atoms with Crippen LogP contribution >= 0.6 is 0 Å². The van der Waals surface area contributed by atoms with Crippen molar-refractivity contribution in [2.75, 3.05) is 25.5 Å². The molecule has 0 unspecified atom stereocenters. The van der Waals surface area contributed by atoms with Crippen LogP contribution in [0.4, 0.5) is 24.8 Å². The Bertz CT molecular complexity index is 957. The molecule has 3 rings (SSSR count). The highest BCUT2D eigenvalue weighted by molar-refractivity contribution is 5.77. The number of methoxy groups -OCH3 is 1. The molecule has 0 atom stereocenters. The third-order valence-corrected chi connectivity index (χ3v) is 4.76. The molecule has 0 saturated carbocycles. The molecule has 1 aliphatic heterocycles. The number of hydrogen-bond donors (Lipinski definition) is 1. The van der Waals surface area contributed by atoms with Crippen LogP contribution in [0.1, 0.15) is 30.2 Å². The maximum atomic E-state index is 12.9. The number of carbonyl (C=O) groups is 1. The minimum Gasteiger partial charge on any atom is -0.495 e. The van der Waals surface area contributed by atoms with Crippen LogP contribution in [0, 0.1) is 6.92 Å². The first kappa shape index (κ1) is 20.6. The lowest BCUT2D eigenvalue weighted by atomic mass is 9.99. The van der Waals surface area contributed by atoms with Crippen LogP contribution in [0.25, 0.3) is 5.57 Å². The van der Waals surface area contributed by atoms with Crippen molar-refractivity contribution < 1.29 is 22.7 Å². The number of nitrogens with zero attached hydrogens (tertiary/aromatic N) is 3. The molecule has 0 spiro atoms. The zero-order chi connectivity index (χ0) is 21.2. The lowest BCUT2D eigenvalue weighted by Gasteiger charge is -2.25. The summed E-state index contributed by atoms with van der Waals surface area (Å²) >= 11 is 0. The van der Waals surface area contributed by atoms with E-state index in [4.69, 9.17) is 4.74 Å². The molecule has 1 aromatic carbocycles. The van der Waals surface area contributed by atoms with Gasteiger partial charge < -0.3 is 15.0 Å². The van der Waals surface area contributed by atoms with Crippen molar-refractivity contribution >= 4 is 23.1 Å². The summed E-state index contributed by atoms with van der Waals surface area (Å²) in [7, 11) is 1.51. The number of aryl methyl sites for hydroxylation is 1. The van der Waals surface area contributed by atoms with Gasteiger partial charge in [0.05, 0.1) is 24.1 Å². The van der Waals surface area contributed by atoms with Crippen LogP contribution in [0.2, 0.25) is 0 Å². The van der Waals surface area contributed by atoms with Gasteiger partial charge >= 0.3 is 6.18 Å². The van der Waals surface area contributed by atoms with Gasteiger partial charge in [-0.2, -0.15) is 13.2 Å². The molecule has 1 aromatic heterocycles. The van der Waals surface area contributed by atoms with Gasteiger partial charge in [0.25, 0.3) is 0 Å². The number of nitrogens with one attached hydrogen (secondary N) is 1. The fourth-order valence-corrected chi connectivity index (χ4v) is 3.14. The van der Waals surface area contributed by atoms with Crippen molar-refractivity contribution in [3.8, 4) is 5.75 Å². The molecule has 0 aliphatic carbocycles. The van der Waals surface area contributed by atoms with Crippen molar-refractivity contribution in [1.82, 2.24) is 14.9 Å². The topological polar surface area (TPSA) is 67.3 Å². The smallest absolute Gasteiger partial charge is 0.419 e. The molecule has 6 nitrogen and oxygen atoms in total. The van der Waals surface area contributed by atoms with Gasteiger partial charge in [-0.3, -0.25) is 4.79 Å². The summed E-state index contributed by atoms with van der Waals surface area (Å²) in [5.41, 5.74) is 1.58. The first-order valence-electron chi connectivity index (χ1n) is 9.00. The van der Waals surface area contributed by atoms with Crippen molar-refractivity contribution in [2.24, 2.45) is 0 Å². The van der Waals surface area contributed by atoms with E-state index in [2.05, 4.69) is 15.3 Å². The van der Waals surface area contributed by atoms with Crippen LogP contribution in [0.3, 0.4) is 0 Å². The first-order chi connectivity index (χ1) is 13.7. The maximum absolute atomic E-state index is 12.9. The second-order valence-electron chi connectivity index (χ2n) is 6.67. The Labute approximate surface area is 166 Å². The fourth-order valence-electron chi connectivity index (χ4n) is 3.14. The fraction of sp³-hybridized carbons (Fsp3) is 0.350. The molecular weight excluding hydrogens is 385 g/mol. The van der Waals surface area contributed by atoms with Crippen molar-refractivity contribution in [3.63, 3.8) is 0 Å². The van der Waals surface area contributed by atoms with Gasteiger partial charge in [-0.1, -0.05) is 12.1 Å². The van der Waals surface area contributed by atoms with E-state index in [1.165, 1.54) is 14.0 Å². The van der Waals surface area contributed by atoms with Crippen molar-refractivity contribution in [3.05, 3.63) is 47.3 Å². The molecule has 2 aromatic rings. The summed E-state index contributed by atoms with van der Waals surface area (Å²) in [4.78, 5) is 20.9. The third-order valence-electron chi connectivity index (χ3n) is 4.76. The zero-order valence-corrected chi connectivity index (χ0v) is 16.3. The first-order valence-corrected chi connectivity index (χ1v) is 9.00. The number of ether oxygens (including phenoxy) is 1. The molecule has 2 heterocycles. The molecule has 154 valence electrons. The Morgan fingerprint density at radius 3 is 2.62 bits per heavy atom. The van der Waals surface area contributed by atoms with Gasteiger partial charge in [0, 0.05) is 26.2 Å². The van der Waals surface area contributed by atoms with E-state index in [-0.39, 0.29) is 17.5 Å². The molecule has 9 heteroatoms. The Balaban J connectivity index is 1.81. The Morgan fingerprint density at radius 2 is 2.07 bits per heavy atom. The number of anilines is 2. The van der Waals surface area contributed by atoms with Crippen LogP contribution in [-0.4, -0.2) is 41.0 Å². The number of rotatable bonds is 4. The number of hydrogen-bond acceptors (Lipinski definition) is 5. The number of carbonyl (C=O) groups excluding carboxylic acids is 1. The van der Waals surface area contributed by atoms with Crippen LogP contribution in [-0.2, 0) is 11.0 Å². The van der Waals surface area contributed by atoms with Gasteiger partial charge in [0.15, 0.2) is 0 Å². The average molecular weight is 406 g/mol. The van der Waals surface area contributed by atoms with Crippen molar-refractivity contribution in [2.45, 2.75) is 26.4 Å². The summed E-state index contributed by atoms with van der Waals surface area (Å²) in [6.45, 7) is 4.05. The van der Waals surface area contributed by atoms with Crippen LogP contribution < -0.4 is 10.1 Å². The molecule has 1 N–H and O–H groups in total. The quantitative estimate of drug-likeness (QED) is 0.825. The second-order valence-corrected chi connectivity index (χ2v) is 6.67. The number of halogens is 3. The number of alkyl halides is 3. The van der Waals surface area contributed by atoms with E-state index in [0.717, 1.165) is 23.8 Å². The second kappa shape index (κ2) is 8.10. The van der Waals surface area contributed by atoms with E-state index in [1.54, 1.807) is 17.9 Å². The predicted molar refractivity (Wildman–Crippen MR) is 103 cm³/mol. The SMILES string of the molecule is COc1cc(C2=CCN(C(C)=O)CC2)ccc1Nc1ncc(C(F)(F)F)c(C)n1. The number of amides is 1. The Hall–Kier alpha value is -3.10. The molecule has 0 fully saturated rings. The highest BCUT2D eigenvalue weighted by atomic mass is 19.4. The molecule has 29 heavy (non-hydrogen) atoms. The van der Waals surface area contributed by atoms with Crippen LogP contribution in [0.5, 0.6) is 5.75 Å². The van der Waals surface area contributed by atoms with Gasteiger partial charge in [-0.15, -0.1) is 0 Å². The summed E-state index contributed by atoms with van der Waals surface area (Å²) in [6.07, 6.45) is -0.988. The van der Waals surface area contributed by atoms with Crippen LogP contribution in [0.15, 0.2) is 30.5 Å². The minimum absolute atomic E-state index is 0.0456. The van der Waals surface area contributed by atoms with E-state index in [0.29, 0.717) is 24.5 Å². The number of benzene rings is 1. The molecule has 0 bridgehead atoms. The molecule has 1 aliphatic rings. The monoisotopic (exact) mass is 406 g/mol. The normalized spacial score (nSPS) is 14.4. The van der Waals surface area contributed by atoms with Gasteiger partial charge in [0.2, 0.25) is 11.9 Å². The maximum Gasteiger partial charge on any atom is 0.419 e. The van der Waals surface area contributed by atoms with Crippen molar-refractivity contribution in [1.29, 1.82) is 0 Å². The molecule has 0 saturated heterocycles. The zero-order valence-electron chi connectivity index (χ0n) is 16.3. The summed E-state index contributed by atoms with van der Waals surface area (Å²) in [5, 5.41) is 2.91. The predicted octanol–water partition coefficient (Wildman–Crippen LogP) is 4.19. The number of aromatic nitrogens is 2. The van der Waals surface area contributed by atoms with E-state index < -0.39 is 11.7 Å². The summed E-state index contributed by atoms with van der Waals surface area (Å²) in [6, 6.07) is 5.49. The lowest BCUT2D eigenvalue weighted by Crippen LogP contribution is -2.32. The Kier molecular flexibility index (Phi) is 5.76. The molecule has 1 amide bonds. The van der Waals surface area contributed by atoms with E-state index in [1.807, 2.05) is 18.2 Å². The molecular formula is C20H21F3N4O2. The van der Waals surface area contributed by atoms with E-state index in [9.17, 15) is 18.0 Å². The van der Waals surface area contributed by atoms with Gasteiger partial charge in [0.1, 0.15) is 5.75 Å². The minimum atomic E-state index is -4.49. The Morgan fingerprint density at radius 1 is 1.31 bits per heavy atom. The summed E-state index contributed by atoms with van der Waals surface area (Å²) < 4.78 is 44.0. The lowest BCUT2D eigenvalue weighted by molar-refractivity contribution is -0.138. The standard InChI is InChI=1S/C20H21F3N4O2/c1-12-16(20(21,22)23)11-24-19(25-12)26-17-5-4-15(10-18(17)29-3)14-6-8-27(9-7-14)13(2)28/h4-6,10-11H,7-9H2,1-3H3,(H,24,25,26).